The number of aromatic hydroxyl groups is 2. The van der Waals surface area contributed by atoms with Crippen LogP contribution in [0.5, 0.6) is 11.5 Å². The number of rotatable bonds is 9. The zero-order chi connectivity index (χ0) is 15.0. The molecule has 20 heavy (non-hydrogen) atoms. The van der Waals surface area contributed by atoms with Crippen LogP contribution in [0, 0.1) is 0 Å². The van der Waals surface area contributed by atoms with Gasteiger partial charge in [-0.15, -0.1) is 0 Å². The van der Waals surface area contributed by atoms with Gasteiger partial charge in [0.15, 0.2) is 0 Å². The third kappa shape index (κ3) is 4.67. The summed E-state index contributed by atoms with van der Waals surface area (Å²) in [6.45, 7) is 4.80. The number of hydrogen-bond donors (Lipinski definition) is 2. The highest BCUT2D eigenvalue weighted by Gasteiger charge is 2.21. The average molecular weight is 283 g/mol. The molecule has 0 aliphatic heterocycles. The molecular weight excluding hydrogens is 258 g/mol. The lowest BCUT2D eigenvalue weighted by atomic mass is 10.0. The van der Waals surface area contributed by atoms with Crippen LogP contribution >= 0.6 is 0 Å². The lowest BCUT2D eigenvalue weighted by Crippen LogP contribution is -2.32. The molecule has 1 aromatic rings. The predicted molar refractivity (Wildman–Crippen MR) is 78.1 cm³/mol. The summed E-state index contributed by atoms with van der Waals surface area (Å²) in [5.41, 5.74) is 0.556. The zero-order valence-corrected chi connectivity index (χ0v) is 12.5. The quantitative estimate of drug-likeness (QED) is 0.680. The number of benzene rings is 1. The lowest BCUT2D eigenvalue weighted by molar-refractivity contribution is 0.109. The summed E-state index contributed by atoms with van der Waals surface area (Å²) < 4.78 is 10.2. The molecule has 0 aliphatic rings. The van der Waals surface area contributed by atoms with Gasteiger partial charge in [0, 0.05) is 40.0 Å². The number of methoxy groups -OCH3 is 2. The van der Waals surface area contributed by atoms with E-state index in [2.05, 4.69) is 4.90 Å². The normalized spacial score (nSPS) is 12.8. The van der Waals surface area contributed by atoms with Crippen molar-refractivity contribution in [1.82, 2.24) is 4.90 Å². The van der Waals surface area contributed by atoms with Crippen molar-refractivity contribution in [3.05, 3.63) is 23.8 Å². The molecule has 1 unspecified atom stereocenters. The predicted octanol–water partition coefficient (Wildman–Crippen LogP) is 2.14. The maximum atomic E-state index is 9.97. The van der Waals surface area contributed by atoms with Crippen LogP contribution in [0.3, 0.4) is 0 Å². The fourth-order valence-corrected chi connectivity index (χ4v) is 2.27. The summed E-state index contributed by atoms with van der Waals surface area (Å²) in [6.07, 6.45) is 0.888. The molecule has 1 atom stereocenters. The van der Waals surface area contributed by atoms with E-state index in [0.29, 0.717) is 18.8 Å². The molecule has 0 heterocycles. The van der Waals surface area contributed by atoms with Gasteiger partial charge >= 0.3 is 0 Å². The minimum Gasteiger partial charge on any atom is -0.507 e. The minimum absolute atomic E-state index is 0.0943. The molecule has 1 aromatic carbocycles. The molecule has 0 radical (unpaired) electrons. The Bertz CT molecular complexity index is 377. The van der Waals surface area contributed by atoms with Gasteiger partial charge in [0.2, 0.25) is 0 Å². The second kappa shape index (κ2) is 8.79. The molecule has 2 N–H and O–H groups in total. The molecule has 0 amide bonds. The Morgan fingerprint density at radius 1 is 1.05 bits per heavy atom. The molecule has 5 nitrogen and oxygen atoms in total. The summed E-state index contributed by atoms with van der Waals surface area (Å²) in [4.78, 5) is 2.16. The molecule has 1 rings (SSSR count). The average Bonchev–Trinajstić information content (AvgIpc) is 2.42. The van der Waals surface area contributed by atoms with Crippen molar-refractivity contribution >= 4 is 0 Å². The van der Waals surface area contributed by atoms with Crippen LogP contribution in [-0.4, -0.2) is 55.6 Å². The van der Waals surface area contributed by atoms with Gasteiger partial charge in [0.25, 0.3) is 0 Å². The first-order valence-electron chi connectivity index (χ1n) is 6.84. The van der Waals surface area contributed by atoms with E-state index in [1.54, 1.807) is 32.4 Å². The van der Waals surface area contributed by atoms with E-state index in [-0.39, 0.29) is 17.5 Å². The highest BCUT2D eigenvalue weighted by Crippen LogP contribution is 2.35. The Morgan fingerprint density at radius 2 is 1.65 bits per heavy atom. The van der Waals surface area contributed by atoms with E-state index in [9.17, 15) is 10.2 Å². The Balaban J connectivity index is 2.82. The second-order valence-corrected chi connectivity index (χ2v) is 4.76. The second-order valence-electron chi connectivity index (χ2n) is 4.76. The Hall–Kier alpha value is -1.30. The molecule has 0 fully saturated rings. The molecule has 0 aliphatic carbocycles. The van der Waals surface area contributed by atoms with Gasteiger partial charge in [0.1, 0.15) is 11.5 Å². The van der Waals surface area contributed by atoms with Crippen LogP contribution in [0.2, 0.25) is 0 Å². The van der Waals surface area contributed by atoms with Crippen LogP contribution < -0.4 is 0 Å². The van der Waals surface area contributed by atoms with Gasteiger partial charge in [-0.05, 0) is 25.5 Å². The van der Waals surface area contributed by atoms with Crippen molar-refractivity contribution in [3.63, 3.8) is 0 Å². The maximum absolute atomic E-state index is 9.97. The van der Waals surface area contributed by atoms with E-state index in [1.165, 1.54) is 0 Å². The molecule has 0 aromatic heterocycles. The van der Waals surface area contributed by atoms with E-state index >= 15 is 0 Å². The van der Waals surface area contributed by atoms with E-state index in [1.807, 2.05) is 6.92 Å². The van der Waals surface area contributed by atoms with Crippen molar-refractivity contribution in [2.24, 2.45) is 0 Å². The summed E-state index contributed by atoms with van der Waals surface area (Å²) in [7, 11) is 3.34. The van der Waals surface area contributed by atoms with Crippen LogP contribution in [0.1, 0.15) is 24.9 Å². The third-order valence-electron chi connectivity index (χ3n) is 3.40. The van der Waals surface area contributed by atoms with E-state index in [4.69, 9.17) is 9.47 Å². The third-order valence-corrected chi connectivity index (χ3v) is 3.40. The largest absolute Gasteiger partial charge is 0.507 e. The lowest BCUT2D eigenvalue weighted by Gasteiger charge is -2.30. The number of nitrogens with zero attached hydrogens (tertiary/aromatic N) is 1. The highest BCUT2D eigenvalue weighted by molar-refractivity contribution is 5.44. The Kier molecular flexibility index (Phi) is 7.36. The number of ether oxygens (including phenoxy) is 2. The zero-order valence-electron chi connectivity index (χ0n) is 12.5. The van der Waals surface area contributed by atoms with Gasteiger partial charge in [0.05, 0.1) is 12.2 Å². The summed E-state index contributed by atoms with van der Waals surface area (Å²) >= 11 is 0. The van der Waals surface area contributed by atoms with Crippen molar-refractivity contribution in [2.45, 2.75) is 19.4 Å². The van der Waals surface area contributed by atoms with Crippen molar-refractivity contribution in [2.75, 3.05) is 40.5 Å². The molecular formula is C15H25NO4. The SMILES string of the molecule is COCCCN(CCOC)C(C)c1c(O)cccc1O. The minimum atomic E-state index is -0.0943. The van der Waals surface area contributed by atoms with Gasteiger partial charge in [-0.2, -0.15) is 0 Å². The monoisotopic (exact) mass is 283 g/mol. The number of phenolic OH excluding ortho intramolecular Hbond substituents is 2. The highest BCUT2D eigenvalue weighted by atomic mass is 16.5. The summed E-state index contributed by atoms with van der Waals surface area (Å²) in [5, 5.41) is 19.9. The molecule has 0 spiro atoms. The summed E-state index contributed by atoms with van der Waals surface area (Å²) in [5.74, 6) is 0.235. The number of phenols is 2. The first-order valence-corrected chi connectivity index (χ1v) is 6.84. The maximum Gasteiger partial charge on any atom is 0.124 e. The van der Waals surface area contributed by atoms with Crippen LogP contribution in [0.15, 0.2) is 18.2 Å². The van der Waals surface area contributed by atoms with Crippen molar-refractivity contribution in [1.29, 1.82) is 0 Å². The Labute approximate surface area is 120 Å². The summed E-state index contributed by atoms with van der Waals surface area (Å²) in [6, 6.07) is 4.72. The topological polar surface area (TPSA) is 62.2 Å². The molecule has 0 bridgehead atoms. The Morgan fingerprint density at radius 3 is 2.20 bits per heavy atom. The first kappa shape index (κ1) is 16.8. The van der Waals surface area contributed by atoms with Crippen LogP contribution in [0.25, 0.3) is 0 Å². The smallest absolute Gasteiger partial charge is 0.124 e. The van der Waals surface area contributed by atoms with Gasteiger partial charge < -0.3 is 19.7 Å². The fourth-order valence-electron chi connectivity index (χ4n) is 2.27. The fraction of sp³-hybridized carbons (Fsp3) is 0.600. The van der Waals surface area contributed by atoms with Gasteiger partial charge in [-0.3, -0.25) is 4.90 Å². The van der Waals surface area contributed by atoms with E-state index < -0.39 is 0 Å². The number of hydrogen-bond acceptors (Lipinski definition) is 5. The van der Waals surface area contributed by atoms with Crippen LogP contribution in [-0.2, 0) is 9.47 Å². The van der Waals surface area contributed by atoms with Crippen molar-refractivity contribution < 1.29 is 19.7 Å². The van der Waals surface area contributed by atoms with Crippen molar-refractivity contribution in [3.8, 4) is 11.5 Å². The van der Waals surface area contributed by atoms with E-state index in [0.717, 1.165) is 19.5 Å². The molecule has 0 saturated carbocycles. The standard InChI is InChI=1S/C15H25NO4/c1-12(15-13(17)6-4-7-14(15)18)16(9-11-20-3)8-5-10-19-2/h4,6-7,12,17-18H,5,8-11H2,1-3H3. The molecule has 0 saturated heterocycles. The molecule has 5 heteroatoms. The van der Waals surface area contributed by atoms with Crippen LogP contribution in [0.4, 0.5) is 0 Å². The molecule has 114 valence electrons. The van der Waals surface area contributed by atoms with Gasteiger partial charge in [-0.25, -0.2) is 0 Å². The van der Waals surface area contributed by atoms with Gasteiger partial charge in [-0.1, -0.05) is 6.07 Å². The first-order chi connectivity index (χ1) is 9.61.